The van der Waals surface area contributed by atoms with Crippen molar-refractivity contribution in [1.82, 2.24) is 20.5 Å². The quantitative estimate of drug-likeness (QED) is 0.739. The van der Waals surface area contributed by atoms with E-state index in [-0.39, 0.29) is 11.2 Å². The van der Waals surface area contributed by atoms with Crippen LogP contribution in [0, 0.1) is 11.3 Å². The highest BCUT2D eigenvalue weighted by Gasteiger charge is 2.35. The minimum atomic E-state index is -0.713. The maximum atomic E-state index is 12.6. The highest BCUT2D eigenvalue weighted by molar-refractivity contribution is 8.00. The lowest BCUT2D eigenvalue weighted by Crippen LogP contribution is -2.50. The summed E-state index contributed by atoms with van der Waals surface area (Å²) in [5.74, 6) is 0.552. The topological polar surface area (TPSA) is 94.5 Å². The number of hydrogen-bond donors (Lipinski definition) is 2. The number of thioether (sulfide) groups is 1. The maximum absolute atomic E-state index is 12.6. The molecule has 2 N–H and O–H groups in total. The molecule has 1 aromatic carbocycles. The molecule has 0 spiro atoms. The summed E-state index contributed by atoms with van der Waals surface area (Å²) >= 11 is 1.30. The van der Waals surface area contributed by atoms with Gasteiger partial charge < -0.3 is 5.32 Å². The predicted octanol–water partition coefficient (Wildman–Crippen LogP) is 3.86. The fraction of sp³-hybridized carbons (Fsp3) is 0.500. The van der Waals surface area contributed by atoms with Crippen LogP contribution in [-0.2, 0) is 11.2 Å². The third-order valence-electron chi connectivity index (χ3n) is 5.04. The summed E-state index contributed by atoms with van der Waals surface area (Å²) in [5, 5.41) is 19.8. The van der Waals surface area contributed by atoms with Crippen LogP contribution in [0.5, 0.6) is 0 Å². The summed E-state index contributed by atoms with van der Waals surface area (Å²) in [6, 6.07) is 10.5. The SMILES string of the molecule is CCc1ccc(-c2nc(S[C@H](C)C(=O)NC3(C#N)CCCCC3)n[nH]2)cc1. The normalized spacial score (nSPS) is 17.1. The predicted molar refractivity (Wildman–Crippen MR) is 106 cm³/mol. The van der Waals surface area contributed by atoms with Crippen LogP contribution in [0.4, 0.5) is 0 Å². The Bertz CT molecular complexity index is 818. The van der Waals surface area contributed by atoms with Gasteiger partial charge in [0, 0.05) is 5.56 Å². The lowest BCUT2D eigenvalue weighted by Gasteiger charge is -2.32. The summed E-state index contributed by atoms with van der Waals surface area (Å²) in [6.07, 6.45) is 5.54. The Kier molecular flexibility index (Phi) is 6.17. The average Bonchev–Trinajstić information content (AvgIpc) is 3.17. The molecule has 6 nitrogen and oxygen atoms in total. The standard InChI is InChI=1S/C20H25N5OS/c1-3-15-7-9-16(10-8-15)17-22-19(25-24-17)27-14(2)18(26)23-20(13-21)11-5-4-6-12-20/h7-10,14H,3-6,11-12H2,1-2H3,(H,23,26)(H,22,24,25)/t14-/m1/s1. The van der Waals surface area contributed by atoms with Gasteiger partial charge >= 0.3 is 0 Å². The number of aromatic amines is 1. The summed E-state index contributed by atoms with van der Waals surface area (Å²) in [4.78, 5) is 17.1. The molecule has 0 bridgehead atoms. The molecule has 7 heteroatoms. The van der Waals surface area contributed by atoms with E-state index < -0.39 is 5.54 Å². The van der Waals surface area contributed by atoms with Gasteiger partial charge in [0.1, 0.15) is 5.54 Å². The average molecular weight is 384 g/mol. The number of carbonyl (C=O) groups excluding carboxylic acids is 1. The number of benzene rings is 1. The monoisotopic (exact) mass is 383 g/mol. The Hall–Kier alpha value is -2.33. The summed E-state index contributed by atoms with van der Waals surface area (Å²) in [7, 11) is 0. The summed E-state index contributed by atoms with van der Waals surface area (Å²) in [5.41, 5.74) is 1.52. The van der Waals surface area contributed by atoms with E-state index in [1.54, 1.807) is 0 Å². The molecule has 1 fully saturated rings. The van der Waals surface area contributed by atoms with Crippen LogP contribution in [0.3, 0.4) is 0 Å². The van der Waals surface area contributed by atoms with Crippen LogP contribution in [0.25, 0.3) is 11.4 Å². The molecule has 1 saturated carbocycles. The number of amides is 1. The van der Waals surface area contributed by atoms with Gasteiger partial charge in [-0.15, -0.1) is 5.10 Å². The third kappa shape index (κ3) is 4.69. The van der Waals surface area contributed by atoms with Crippen molar-refractivity contribution in [1.29, 1.82) is 5.26 Å². The Morgan fingerprint density at radius 1 is 1.33 bits per heavy atom. The molecule has 2 aromatic rings. The van der Waals surface area contributed by atoms with Gasteiger partial charge in [0.25, 0.3) is 0 Å². The number of hydrogen-bond acceptors (Lipinski definition) is 5. The highest BCUT2D eigenvalue weighted by atomic mass is 32.2. The Morgan fingerprint density at radius 3 is 2.67 bits per heavy atom. The molecule has 0 saturated heterocycles. The summed E-state index contributed by atoms with van der Waals surface area (Å²) < 4.78 is 0. The molecule has 142 valence electrons. The van der Waals surface area contributed by atoms with Gasteiger partial charge in [0.05, 0.1) is 11.3 Å². The van der Waals surface area contributed by atoms with Crippen LogP contribution in [-0.4, -0.2) is 31.9 Å². The number of nitriles is 1. The lowest BCUT2D eigenvalue weighted by atomic mass is 9.83. The van der Waals surface area contributed by atoms with Crippen LogP contribution < -0.4 is 5.32 Å². The van der Waals surface area contributed by atoms with Gasteiger partial charge in [-0.05, 0) is 31.7 Å². The number of rotatable bonds is 6. The van der Waals surface area contributed by atoms with Crippen molar-refractivity contribution in [3.05, 3.63) is 29.8 Å². The first kappa shape index (κ1) is 19.4. The van der Waals surface area contributed by atoms with Crippen LogP contribution >= 0.6 is 11.8 Å². The lowest BCUT2D eigenvalue weighted by molar-refractivity contribution is -0.121. The fourth-order valence-corrected chi connectivity index (χ4v) is 4.02. The fourth-order valence-electron chi connectivity index (χ4n) is 3.30. The first-order valence-electron chi connectivity index (χ1n) is 9.47. The van der Waals surface area contributed by atoms with E-state index in [9.17, 15) is 10.1 Å². The van der Waals surface area contributed by atoms with E-state index in [2.05, 4.69) is 45.6 Å². The maximum Gasteiger partial charge on any atom is 0.234 e. The number of nitrogens with one attached hydrogen (secondary N) is 2. The van der Waals surface area contributed by atoms with Crippen molar-refractivity contribution < 1.29 is 4.79 Å². The van der Waals surface area contributed by atoms with Crippen LogP contribution in [0.2, 0.25) is 0 Å². The van der Waals surface area contributed by atoms with E-state index in [1.807, 2.05) is 19.1 Å². The van der Waals surface area contributed by atoms with E-state index in [0.29, 0.717) is 11.0 Å². The Balaban J connectivity index is 1.62. The second-order valence-corrected chi connectivity index (χ2v) is 8.33. The summed E-state index contributed by atoms with van der Waals surface area (Å²) in [6.45, 7) is 3.94. The Morgan fingerprint density at radius 2 is 2.04 bits per heavy atom. The van der Waals surface area contributed by atoms with Crippen molar-refractivity contribution >= 4 is 17.7 Å². The van der Waals surface area contributed by atoms with Crippen molar-refractivity contribution in [2.24, 2.45) is 0 Å². The molecule has 3 rings (SSSR count). The highest BCUT2D eigenvalue weighted by Crippen LogP contribution is 2.29. The van der Waals surface area contributed by atoms with Crippen LogP contribution in [0.15, 0.2) is 29.4 Å². The number of aryl methyl sites for hydroxylation is 1. The zero-order chi connectivity index (χ0) is 19.3. The molecule has 1 aliphatic carbocycles. The molecule has 27 heavy (non-hydrogen) atoms. The zero-order valence-electron chi connectivity index (χ0n) is 15.8. The molecule has 1 aliphatic rings. The van der Waals surface area contributed by atoms with E-state index in [0.717, 1.165) is 44.1 Å². The van der Waals surface area contributed by atoms with Crippen molar-refractivity contribution in [3.63, 3.8) is 0 Å². The van der Waals surface area contributed by atoms with Crippen molar-refractivity contribution in [2.45, 2.75) is 68.3 Å². The van der Waals surface area contributed by atoms with Gasteiger partial charge in [-0.3, -0.25) is 9.89 Å². The van der Waals surface area contributed by atoms with Gasteiger partial charge in [-0.25, -0.2) is 4.98 Å². The smallest absolute Gasteiger partial charge is 0.234 e. The van der Waals surface area contributed by atoms with Crippen molar-refractivity contribution in [3.8, 4) is 17.5 Å². The molecule has 0 aliphatic heterocycles. The minimum absolute atomic E-state index is 0.137. The molecule has 0 unspecified atom stereocenters. The Labute approximate surface area is 164 Å². The molecule has 0 radical (unpaired) electrons. The van der Waals surface area contributed by atoms with Crippen molar-refractivity contribution in [2.75, 3.05) is 0 Å². The van der Waals surface area contributed by atoms with E-state index >= 15 is 0 Å². The largest absolute Gasteiger partial charge is 0.337 e. The first-order valence-corrected chi connectivity index (χ1v) is 10.3. The first-order chi connectivity index (χ1) is 13.0. The van der Waals surface area contributed by atoms with E-state index in [4.69, 9.17) is 0 Å². The second kappa shape index (κ2) is 8.57. The van der Waals surface area contributed by atoms with Gasteiger partial charge in [-0.1, -0.05) is 62.2 Å². The molecular weight excluding hydrogens is 358 g/mol. The minimum Gasteiger partial charge on any atom is -0.337 e. The van der Waals surface area contributed by atoms with E-state index in [1.165, 1.54) is 17.3 Å². The number of nitrogens with zero attached hydrogens (tertiary/aromatic N) is 3. The van der Waals surface area contributed by atoms with Gasteiger partial charge in [-0.2, -0.15) is 5.26 Å². The van der Waals surface area contributed by atoms with Gasteiger partial charge in [0.15, 0.2) is 5.82 Å². The molecule has 1 atom stereocenters. The molecule has 1 amide bonds. The molecule has 1 heterocycles. The third-order valence-corrected chi connectivity index (χ3v) is 6.00. The number of aromatic nitrogens is 3. The zero-order valence-corrected chi connectivity index (χ0v) is 16.6. The van der Waals surface area contributed by atoms with Gasteiger partial charge in [0.2, 0.25) is 11.1 Å². The molecular formula is C20H25N5OS. The number of carbonyl (C=O) groups is 1. The second-order valence-electron chi connectivity index (χ2n) is 7.02. The van der Waals surface area contributed by atoms with Crippen LogP contribution in [0.1, 0.15) is 51.5 Å². The molecule has 1 aromatic heterocycles. The number of H-pyrrole nitrogens is 1.